The van der Waals surface area contributed by atoms with Gasteiger partial charge in [0.05, 0.1) is 5.69 Å². The first-order chi connectivity index (χ1) is 12.5. The van der Waals surface area contributed by atoms with Gasteiger partial charge >= 0.3 is 6.03 Å². The van der Waals surface area contributed by atoms with Crippen LogP contribution in [0.2, 0.25) is 0 Å². The van der Waals surface area contributed by atoms with Crippen molar-refractivity contribution in [1.82, 2.24) is 4.90 Å². The molecular formula is C20H20FN3O2. The number of hydrogen-bond acceptors (Lipinski definition) is 3. The lowest BCUT2D eigenvalue weighted by Gasteiger charge is -2.34. The third-order valence-electron chi connectivity index (χ3n) is 4.91. The van der Waals surface area contributed by atoms with Crippen LogP contribution in [-0.4, -0.2) is 36.6 Å². The first kappa shape index (κ1) is 16.6. The number of rotatable bonds is 3. The van der Waals surface area contributed by atoms with Crippen LogP contribution in [-0.2, 0) is 11.2 Å². The number of fused-ring (bicyclic) bond motifs is 1. The van der Waals surface area contributed by atoms with E-state index >= 15 is 0 Å². The summed E-state index contributed by atoms with van der Waals surface area (Å²) in [6.07, 6.45) is 1.68. The van der Waals surface area contributed by atoms with E-state index in [1.807, 2.05) is 31.2 Å². The Hall–Kier alpha value is -2.89. The highest BCUT2D eigenvalue weighted by molar-refractivity contribution is 6.12. The molecule has 0 aromatic heterocycles. The largest absolute Gasteiger partial charge is 0.351 e. The lowest BCUT2D eigenvalue weighted by Crippen LogP contribution is -2.44. The maximum absolute atomic E-state index is 14.6. The van der Waals surface area contributed by atoms with Crippen molar-refractivity contribution in [3.05, 3.63) is 59.4 Å². The molecule has 0 atom stereocenters. The number of urea groups is 1. The van der Waals surface area contributed by atoms with Crippen molar-refractivity contribution in [2.24, 2.45) is 0 Å². The molecule has 134 valence electrons. The number of aryl methyl sites for hydroxylation is 2. The molecule has 2 aliphatic rings. The highest BCUT2D eigenvalue weighted by Crippen LogP contribution is 2.32. The molecule has 4 rings (SSSR count). The SMILES string of the molecule is Cc1cc(F)c2c(c1)CCCN2CN1C(=O)CN(c2ccccc2)C1=O. The zero-order chi connectivity index (χ0) is 18.3. The predicted molar refractivity (Wildman–Crippen MR) is 97.7 cm³/mol. The van der Waals surface area contributed by atoms with E-state index in [0.717, 1.165) is 24.0 Å². The number of para-hydroxylation sites is 1. The molecule has 2 aliphatic heterocycles. The minimum absolute atomic E-state index is 0.0138. The average molecular weight is 353 g/mol. The quantitative estimate of drug-likeness (QED) is 0.795. The van der Waals surface area contributed by atoms with Crippen molar-refractivity contribution < 1.29 is 14.0 Å². The Kier molecular flexibility index (Phi) is 4.11. The predicted octanol–water partition coefficient (Wildman–Crippen LogP) is 3.31. The van der Waals surface area contributed by atoms with Gasteiger partial charge in [0.15, 0.2) is 0 Å². The van der Waals surface area contributed by atoms with Gasteiger partial charge < -0.3 is 4.90 Å². The van der Waals surface area contributed by atoms with E-state index < -0.39 is 0 Å². The van der Waals surface area contributed by atoms with Crippen LogP contribution < -0.4 is 9.80 Å². The molecule has 26 heavy (non-hydrogen) atoms. The summed E-state index contributed by atoms with van der Waals surface area (Å²) in [4.78, 5) is 29.7. The van der Waals surface area contributed by atoms with E-state index in [1.165, 1.54) is 15.9 Å². The normalized spacial score (nSPS) is 17.1. The molecule has 0 radical (unpaired) electrons. The zero-order valence-electron chi connectivity index (χ0n) is 14.6. The smallest absolute Gasteiger partial charge is 0.333 e. The van der Waals surface area contributed by atoms with Gasteiger partial charge in [-0.1, -0.05) is 24.3 Å². The molecule has 0 spiro atoms. The van der Waals surface area contributed by atoms with Gasteiger partial charge in [0.25, 0.3) is 5.91 Å². The summed E-state index contributed by atoms with van der Waals surface area (Å²) >= 11 is 0. The van der Waals surface area contributed by atoms with E-state index in [1.54, 1.807) is 17.0 Å². The van der Waals surface area contributed by atoms with Gasteiger partial charge in [-0.25, -0.2) is 14.1 Å². The van der Waals surface area contributed by atoms with E-state index in [2.05, 4.69) is 0 Å². The van der Waals surface area contributed by atoms with Crippen LogP contribution in [0.15, 0.2) is 42.5 Å². The number of imide groups is 1. The molecule has 2 heterocycles. The fourth-order valence-electron chi connectivity index (χ4n) is 3.73. The lowest BCUT2D eigenvalue weighted by atomic mass is 9.99. The third kappa shape index (κ3) is 2.81. The molecule has 0 saturated carbocycles. The van der Waals surface area contributed by atoms with Gasteiger partial charge in [-0.15, -0.1) is 0 Å². The van der Waals surface area contributed by atoms with Crippen LogP contribution in [0.4, 0.5) is 20.6 Å². The van der Waals surface area contributed by atoms with Crippen molar-refractivity contribution in [3.63, 3.8) is 0 Å². The fraction of sp³-hybridized carbons (Fsp3) is 0.300. The second-order valence-electron chi connectivity index (χ2n) is 6.79. The highest BCUT2D eigenvalue weighted by Gasteiger charge is 2.38. The Morgan fingerprint density at radius 2 is 1.88 bits per heavy atom. The van der Waals surface area contributed by atoms with E-state index in [-0.39, 0.29) is 31.0 Å². The van der Waals surface area contributed by atoms with E-state index in [4.69, 9.17) is 0 Å². The molecule has 0 bridgehead atoms. The van der Waals surface area contributed by atoms with Gasteiger partial charge in [-0.05, 0) is 49.1 Å². The number of amides is 3. The van der Waals surface area contributed by atoms with Gasteiger partial charge in [0.2, 0.25) is 0 Å². The van der Waals surface area contributed by atoms with Crippen LogP contribution in [0.3, 0.4) is 0 Å². The van der Waals surface area contributed by atoms with E-state index in [9.17, 15) is 14.0 Å². The Bertz CT molecular complexity index is 869. The topological polar surface area (TPSA) is 43.9 Å². The maximum atomic E-state index is 14.6. The number of carbonyl (C=O) groups is 2. The molecule has 0 aliphatic carbocycles. The molecule has 2 aromatic rings. The molecule has 1 saturated heterocycles. The second-order valence-corrected chi connectivity index (χ2v) is 6.79. The van der Waals surface area contributed by atoms with E-state index in [0.29, 0.717) is 17.9 Å². The van der Waals surface area contributed by atoms with Crippen molar-refractivity contribution in [2.45, 2.75) is 19.8 Å². The Morgan fingerprint density at radius 1 is 1.12 bits per heavy atom. The monoisotopic (exact) mass is 353 g/mol. The fourth-order valence-corrected chi connectivity index (χ4v) is 3.73. The minimum Gasteiger partial charge on any atom is -0.351 e. The third-order valence-corrected chi connectivity index (χ3v) is 4.91. The van der Waals surface area contributed by atoms with Gasteiger partial charge in [-0.2, -0.15) is 0 Å². The number of carbonyl (C=O) groups excluding carboxylic acids is 2. The molecule has 2 aromatic carbocycles. The molecule has 5 nitrogen and oxygen atoms in total. The van der Waals surface area contributed by atoms with Crippen molar-refractivity contribution >= 4 is 23.3 Å². The van der Waals surface area contributed by atoms with Crippen molar-refractivity contribution in [1.29, 1.82) is 0 Å². The first-order valence-electron chi connectivity index (χ1n) is 8.75. The summed E-state index contributed by atoms with van der Waals surface area (Å²) in [5.41, 5.74) is 3.02. The van der Waals surface area contributed by atoms with Crippen LogP contribution in [0.1, 0.15) is 17.5 Å². The van der Waals surface area contributed by atoms with Crippen molar-refractivity contribution in [3.8, 4) is 0 Å². The minimum atomic E-state index is -0.360. The molecule has 1 fully saturated rings. The number of benzene rings is 2. The summed E-state index contributed by atoms with van der Waals surface area (Å²) < 4.78 is 14.6. The highest BCUT2D eigenvalue weighted by atomic mass is 19.1. The molecule has 6 heteroatoms. The molecular weight excluding hydrogens is 333 g/mol. The average Bonchev–Trinajstić information content (AvgIpc) is 2.90. The van der Waals surface area contributed by atoms with Gasteiger partial charge in [0.1, 0.15) is 19.0 Å². The van der Waals surface area contributed by atoms with Crippen LogP contribution in [0.25, 0.3) is 0 Å². The van der Waals surface area contributed by atoms with Crippen LogP contribution >= 0.6 is 0 Å². The lowest BCUT2D eigenvalue weighted by molar-refractivity contribution is -0.124. The second kappa shape index (κ2) is 6.44. The number of halogens is 1. The van der Waals surface area contributed by atoms with Gasteiger partial charge in [0, 0.05) is 12.2 Å². The Balaban J connectivity index is 1.59. The Morgan fingerprint density at radius 3 is 2.65 bits per heavy atom. The number of anilines is 2. The summed E-state index contributed by atoms with van der Waals surface area (Å²) in [6, 6.07) is 12.2. The first-order valence-corrected chi connectivity index (χ1v) is 8.75. The molecule has 0 unspecified atom stereocenters. The summed E-state index contributed by atoms with van der Waals surface area (Å²) in [5, 5.41) is 0. The number of nitrogens with zero attached hydrogens (tertiary/aromatic N) is 3. The summed E-state index contributed by atoms with van der Waals surface area (Å²) in [6.45, 7) is 2.58. The van der Waals surface area contributed by atoms with Crippen LogP contribution in [0.5, 0.6) is 0 Å². The zero-order valence-corrected chi connectivity index (χ0v) is 14.6. The van der Waals surface area contributed by atoms with Gasteiger partial charge in [-0.3, -0.25) is 9.69 Å². The molecule has 0 N–H and O–H groups in total. The van der Waals surface area contributed by atoms with Crippen LogP contribution in [0, 0.1) is 12.7 Å². The van der Waals surface area contributed by atoms with Crippen molar-refractivity contribution in [2.75, 3.05) is 29.6 Å². The summed E-state index contributed by atoms with van der Waals surface area (Å²) in [5.74, 6) is -0.558. The maximum Gasteiger partial charge on any atom is 0.333 e. The Labute approximate surface area is 151 Å². The molecule has 3 amide bonds. The number of hydrogen-bond donors (Lipinski definition) is 0. The summed E-state index contributed by atoms with van der Waals surface area (Å²) in [7, 11) is 0. The standard InChI is InChI=1S/C20H20FN3O2/c1-14-10-15-6-5-9-22(19(15)17(21)11-14)13-24-18(25)12-23(20(24)26)16-7-3-2-4-8-16/h2-4,7-8,10-11H,5-6,9,12-13H2,1H3.